The first-order valence-electron chi connectivity index (χ1n) is 6.26. The molecule has 5 nitrogen and oxygen atoms in total. The zero-order chi connectivity index (χ0) is 12.9. The van der Waals surface area contributed by atoms with E-state index in [1.807, 2.05) is 14.0 Å². The van der Waals surface area contributed by atoms with Crippen LogP contribution < -0.4 is 4.72 Å². The normalized spacial score (nSPS) is 18.6. The molecule has 0 heterocycles. The first-order valence-corrected chi connectivity index (χ1v) is 7.91. The maximum Gasteiger partial charge on any atom is 0.211 e. The van der Waals surface area contributed by atoms with Crippen molar-refractivity contribution in [3.05, 3.63) is 0 Å². The molecule has 1 rings (SSSR count). The maximum absolute atomic E-state index is 11.6. The molecule has 0 aromatic carbocycles. The smallest absolute Gasteiger partial charge is 0.211 e. The fraction of sp³-hybridized carbons (Fsp3) is 1.00. The van der Waals surface area contributed by atoms with Gasteiger partial charge in [0.15, 0.2) is 0 Å². The van der Waals surface area contributed by atoms with E-state index in [0.29, 0.717) is 25.4 Å². The molecule has 0 radical (unpaired) electrons. The highest BCUT2D eigenvalue weighted by molar-refractivity contribution is 7.89. The second-order valence-electron chi connectivity index (χ2n) is 4.84. The van der Waals surface area contributed by atoms with Crippen molar-refractivity contribution in [2.24, 2.45) is 0 Å². The molecule has 1 fully saturated rings. The number of nitrogens with one attached hydrogen (secondary N) is 1. The zero-order valence-electron chi connectivity index (χ0n) is 10.7. The van der Waals surface area contributed by atoms with Gasteiger partial charge in [-0.15, -0.1) is 0 Å². The number of nitrogens with zero attached hydrogens (tertiary/aromatic N) is 1. The third kappa shape index (κ3) is 5.81. The fourth-order valence-electron chi connectivity index (χ4n) is 1.71. The van der Waals surface area contributed by atoms with Crippen LogP contribution in [0, 0.1) is 0 Å². The van der Waals surface area contributed by atoms with Crippen LogP contribution in [-0.2, 0) is 10.0 Å². The molecule has 17 heavy (non-hydrogen) atoms. The SMILES string of the molecule is CC(CNS(=O)(=O)CCCCO)N(C)C1CC1. The monoisotopic (exact) mass is 264 g/mol. The Morgan fingerprint density at radius 3 is 2.59 bits per heavy atom. The van der Waals surface area contributed by atoms with Crippen LogP contribution in [0.3, 0.4) is 0 Å². The Bertz CT molecular complexity index is 315. The van der Waals surface area contributed by atoms with E-state index in [9.17, 15) is 8.42 Å². The predicted octanol–water partition coefficient (Wildman–Crippen LogP) is 0.161. The minimum atomic E-state index is -3.18. The Hall–Kier alpha value is -0.170. The minimum Gasteiger partial charge on any atom is -0.396 e. The standard InChI is InChI=1S/C11H24N2O3S/c1-10(13(2)11-5-6-11)9-12-17(15,16)8-4-3-7-14/h10-12,14H,3-9H2,1-2H3. The maximum atomic E-state index is 11.6. The molecule has 0 amide bonds. The van der Waals surface area contributed by atoms with Gasteiger partial charge in [-0.2, -0.15) is 0 Å². The Balaban J connectivity index is 2.23. The molecule has 0 aromatic rings. The molecule has 0 aromatic heterocycles. The summed E-state index contributed by atoms with van der Waals surface area (Å²) in [6.45, 7) is 2.55. The van der Waals surface area contributed by atoms with E-state index < -0.39 is 10.0 Å². The number of unbranched alkanes of at least 4 members (excludes halogenated alkanes) is 1. The van der Waals surface area contributed by atoms with Gasteiger partial charge in [-0.3, -0.25) is 4.90 Å². The van der Waals surface area contributed by atoms with Crippen molar-refractivity contribution in [2.45, 2.75) is 44.7 Å². The first-order chi connectivity index (χ1) is 7.96. The number of likely N-dealkylation sites (N-methyl/N-ethyl adjacent to an activating group) is 1. The van der Waals surface area contributed by atoms with Crippen LogP contribution in [0.2, 0.25) is 0 Å². The summed E-state index contributed by atoms with van der Waals surface area (Å²) >= 11 is 0. The summed E-state index contributed by atoms with van der Waals surface area (Å²) in [5, 5.41) is 8.60. The molecular weight excluding hydrogens is 240 g/mol. The van der Waals surface area contributed by atoms with E-state index in [4.69, 9.17) is 5.11 Å². The van der Waals surface area contributed by atoms with Gasteiger partial charge in [-0.05, 0) is 39.7 Å². The fourth-order valence-corrected chi connectivity index (χ4v) is 2.93. The quantitative estimate of drug-likeness (QED) is 0.582. The van der Waals surface area contributed by atoms with Gasteiger partial charge in [-0.25, -0.2) is 13.1 Å². The lowest BCUT2D eigenvalue weighted by atomic mass is 10.3. The lowest BCUT2D eigenvalue weighted by Crippen LogP contribution is -2.41. The zero-order valence-corrected chi connectivity index (χ0v) is 11.5. The summed E-state index contributed by atoms with van der Waals surface area (Å²) in [6, 6.07) is 0.874. The highest BCUT2D eigenvalue weighted by Gasteiger charge is 2.29. The molecule has 1 saturated carbocycles. The molecule has 0 spiro atoms. The first kappa shape index (κ1) is 14.9. The molecule has 0 aliphatic heterocycles. The molecule has 1 atom stereocenters. The van der Waals surface area contributed by atoms with E-state index >= 15 is 0 Å². The predicted molar refractivity (Wildman–Crippen MR) is 68.4 cm³/mol. The third-order valence-corrected chi connectivity index (χ3v) is 4.67. The van der Waals surface area contributed by atoms with Crippen LogP contribution in [0.4, 0.5) is 0 Å². The highest BCUT2D eigenvalue weighted by atomic mass is 32.2. The average molecular weight is 264 g/mol. The van der Waals surface area contributed by atoms with Gasteiger partial charge in [0.25, 0.3) is 0 Å². The van der Waals surface area contributed by atoms with Gasteiger partial charge < -0.3 is 5.11 Å². The minimum absolute atomic E-state index is 0.0519. The van der Waals surface area contributed by atoms with Crippen molar-refractivity contribution < 1.29 is 13.5 Å². The third-order valence-electron chi connectivity index (χ3n) is 3.24. The van der Waals surface area contributed by atoms with Gasteiger partial charge in [0.05, 0.1) is 5.75 Å². The van der Waals surface area contributed by atoms with Crippen molar-refractivity contribution in [3.63, 3.8) is 0 Å². The van der Waals surface area contributed by atoms with Crippen molar-refractivity contribution in [1.29, 1.82) is 0 Å². The van der Waals surface area contributed by atoms with Crippen LogP contribution in [0.15, 0.2) is 0 Å². The number of hydrogen-bond donors (Lipinski definition) is 2. The van der Waals surface area contributed by atoms with Gasteiger partial charge in [-0.1, -0.05) is 0 Å². The molecular formula is C11H24N2O3S. The summed E-state index contributed by atoms with van der Waals surface area (Å²) in [6.07, 6.45) is 3.51. The highest BCUT2D eigenvalue weighted by Crippen LogP contribution is 2.26. The van der Waals surface area contributed by atoms with Gasteiger partial charge in [0.1, 0.15) is 0 Å². The molecule has 6 heteroatoms. The van der Waals surface area contributed by atoms with Gasteiger partial charge in [0.2, 0.25) is 10.0 Å². The lowest BCUT2D eigenvalue weighted by molar-refractivity contribution is 0.248. The number of rotatable bonds is 9. The van der Waals surface area contributed by atoms with Crippen LogP contribution >= 0.6 is 0 Å². The molecule has 1 aliphatic rings. The Kier molecular flexibility index (Phi) is 5.85. The summed E-state index contributed by atoms with van der Waals surface area (Å²) in [7, 11) is -1.13. The molecule has 0 saturated heterocycles. The van der Waals surface area contributed by atoms with Crippen molar-refractivity contribution in [2.75, 3.05) is 26.0 Å². The average Bonchev–Trinajstić information content (AvgIpc) is 3.09. The Morgan fingerprint density at radius 1 is 1.41 bits per heavy atom. The molecule has 0 bridgehead atoms. The summed E-state index contributed by atoms with van der Waals surface area (Å²) in [5.41, 5.74) is 0. The second-order valence-corrected chi connectivity index (χ2v) is 6.77. The molecule has 102 valence electrons. The largest absolute Gasteiger partial charge is 0.396 e. The van der Waals surface area contributed by atoms with Crippen molar-refractivity contribution in [3.8, 4) is 0 Å². The van der Waals surface area contributed by atoms with Crippen LogP contribution in [0.1, 0.15) is 32.6 Å². The summed E-state index contributed by atoms with van der Waals surface area (Å²) in [4.78, 5) is 2.23. The van der Waals surface area contributed by atoms with E-state index in [1.54, 1.807) is 0 Å². The summed E-state index contributed by atoms with van der Waals surface area (Å²) < 4.78 is 25.8. The van der Waals surface area contributed by atoms with E-state index in [0.717, 1.165) is 0 Å². The Morgan fingerprint density at radius 2 is 2.06 bits per heavy atom. The van der Waals surface area contributed by atoms with Gasteiger partial charge >= 0.3 is 0 Å². The molecule has 1 unspecified atom stereocenters. The number of hydrogen-bond acceptors (Lipinski definition) is 4. The Labute approximate surface area is 104 Å². The van der Waals surface area contributed by atoms with Crippen molar-refractivity contribution >= 4 is 10.0 Å². The van der Waals surface area contributed by atoms with Crippen LogP contribution in [0.25, 0.3) is 0 Å². The number of aliphatic hydroxyl groups is 1. The van der Waals surface area contributed by atoms with Crippen LogP contribution in [0.5, 0.6) is 0 Å². The van der Waals surface area contributed by atoms with Crippen molar-refractivity contribution in [1.82, 2.24) is 9.62 Å². The molecule has 1 aliphatic carbocycles. The van der Waals surface area contributed by atoms with E-state index in [2.05, 4.69) is 9.62 Å². The summed E-state index contributed by atoms with van der Waals surface area (Å²) in [5.74, 6) is 0.105. The second kappa shape index (κ2) is 6.68. The number of sulfonamides is 1. The topological polar surface area (TPSA) is 69.6 Å². The van der Waals surface area contributed by atoms with E-state index in [-0.39, 0.29) is 18.4 Å². The lowest BCUT2D eigenvalue weighted by Gasteiger charge is -2.24. The van der Waals surface area contributed by atoms with Crippen LogP contribution in [-0.4, -0.2) is 56.5 Å². The van der Waals surface area contributed by atoms with Gasteiger partial charge in [0, 0.05) is 25.2 Å². The van der Waals surface area contributed by atoms with E-state index in [1.165, 1.54) is 12.8 Å². The molecule has 2 N–H and O–H groups in total. The number of aliphatic hydroxyl groups excluding tert-OH is 1.